The Morgan fingerprint density at radius 1 is 1.16 bits per heavy atom. The van der Waals surface area contributed by atoms with Gasteiger partial charge >= 0.3 is 0 Å². The summed E-state index contributed by atoms with van der Waals surface area (Å²) < 4.78 is 13.9. The smallest absolute Gasteiger partial charge is 0.159 e. The number of ketones is 1. The minimum Gasteiger partial charge on any atom is -0.298 e. The first-order valence-electron chi connectivity index (χ1n) is 5.89. The van der Waals surface area contributed by atoms with Crippen molar-refractivity contribution in [2.24, 2.45) is 0 Å². The van der Waals surface area contributed by atoms with E-state index in [1.807, 2.05) is 0 Å². The van der Waals surface area contributed by atoms with Crippen LogP contribution in [0.25, 0.3) is 11.1 Å². The van der Waals surface area contributed by atoms with E-state index in [1.54, 1.807) is 25.1 Å². The minimum atomic E-state index is -0.386. The first kappa shape index (κ1) is 13.1. The van der Waals surface area contributed by atoms with Gasteiger partial charge in [-0.05, 0) is 43.2 Å². The Labute approximate surface area is 110 Å². The minimum absolute atomic E-state index is 0.109. The van der Waals surface area contributed by atoms with E-state index in [4.69, 9.17) is 0 Å². The van der Waals surface area contributed by atoms with Gasteiger partial charge in [0.1, 0.15) is 12.1 Å². The van der Waals surface area contributed by atoms with Crippen LogP contribution in [0.15, 0.2) is 36.4 Å². The van der Waals surface area contributed by atoms with Gasteiger partial charge in [0.25, 0.3) is 0 Å². The number of hydrogen-bond donors (Lipinski definition) is 0. The Hall–Kier alpha value is -2.29. The van der Waals surface area contributed by atoms with E-state index < -0.39 is 0 Å². The highest BCUT2D eigenvalue weighted by molar-refractivity contribution is 5.95. The van der Waals surface area contributed by atoms with Crippen molar-refractivity contribution in [2.45, 2.75) is 13.8 Å². The van der Waals surface area contributed by atoms with E-state index in [2.05, 4.69) is 0 Å². The van der Waals surface area contributed by atoms with Gasteiger partial charge in [0.05, 0.1) is 0 Å². The molecule has 0 saturated heterocycles. The molecule has 0 spiro atoms. The molecule has 19 heavy (non-hydrogen) atoms. The topological polar surface area (TPSA) is 34.1 Å². The molecule has 0 aliphatic carbocycles. The maximum absolute atomic E-state index is 13.9. The van der Waals surface area contributed by atoms with Crippen LogP contribution in [0, 0.1) is 12.7 Å². The van der Waals surface area contributed by atoms with E-state index in [9.17, 15) is 14.0 Å². The molecule has 0 bridgehead atoms. The predicted octanol–water partition coefficient (Wildman–Crippen LogP) is 3.82. The first-order valence-corrected chi connectivity index (χ1v) is 5.89. The summed E-state index contributed by atoms with van der Waals surface area (Å²) in [5.74, 6) is -0.495. The Morgan fingerprint density at radius 2 is 1.89 bits per heavy atom. The van der Waals surface area contributed by atoms with Crippen LogP contribution in [0.4, 0.5) is 4.39 Å². The van der Waals surface area contributed by atoms with Gasteiger partial charge in [-0.1, -0.05) is 18.2 Å². The highest BCUT2D eigenvalue weighted by Gasteiger charge is 2.09. The molecule has 0 amide bonds. The quantitative estimate of drug-likeness (QED) is 0.618. The Bertz CT molecular complexity index is 660. The Kier molecular flexibility index (Phi) is 3.56. The normalized spacial score (nSPS) is 10.3. The summed E-state index contributed by atoms with van der Waals surface area (Å²) in [5, 5.41) is 0. The second-order valence-electron chi connectivity index (χ2n) is 4.44. The van der Waals surface area contributed by atoms with Gasteiger partial charge in [-0.15, -0.1) is 0 Å². The molecule has 0 aromatic heterocycles. The van der Waals surface area contributed by atoms with Crippen LogP contribution in [0.3, 0.4) is 0 Å². The van der Waals surface area contributed by atoms with Gasteiger partial charge in [0.2, 0.25) is 0 Å². The number of benzene rings is 2. The van der Waals surface area contributed by atoms with Crippen molar-refractivity contribution in [3.63, 3.8) is 0 Å². The molecular formula is C16H13FO2. The molecule has 0 radical (unpaired) electrons. The molecule has 96 valence electrons. The summed E-state index contributed by atoms with van der Waals surface area (Å²) in [6.45, 7) is 3.23. The molecule has 2 rings (SSSR count). The van der Waals surface area contributed by atoms with Crippen LogP contribution < -0.4 is 0 Å². The lowest BCUT2D eigenvalue weighted by molar-refractivity contribution is 0.101. The zero-order valence-corrected chi connectivity index (χ0v) is 10.7. The predicted molar refractivity (Wildman–Crippen MR) is 72.0 cm³/mol. The number of Topliss-reactive ketones (excluding diaryl/α,β-unsaturated/α-hetero) is 1. The van der Waals surface area contributed by atoms with Crippen molar-refractivity contribution < 1.29 is 14.0 Å². The monoisotopic (exact) mass is 256 g/mol. The summed E-state index contributed by atoms with van der Waals surface area (Å²) >= 11 is 0. The van der Waals surface area contributed by atoms with Gasteiger partial charge in [0, 0.05) is 16.7 Å². The van der Waals surface area contributed by atoms with E-state index >= 15 is 0 Å². The number of rotatable bonds is 3. The molecule has 0 fully saturated rings. The maximum atomic E-state index is 13.9. The molecule has 0 saturated carbocycles. The van der Waals surface area contributed by atoms with Crippen LogP contribution in [0.2, 0.25) is 0 Å². The highest BCUT2D eigenvalue weighted by Crippen LogP contribution is 2.26. The fourth-order valence-corrected chi connectivity index (χ4v) is 1.94. The second-order valence-corrected chi connectivity index (χ2v) is 4.44. The molecule has 0 aliphatic heterocycles. The van der Waals surface area contributed by atoms with Crippen LogP contribution in [0.1, 0.15) is 33.2 Å². The van der Waals surface area contributed by atoms with Gasteiger partial charge < -0.3 is 0 Å². The molecule has 0 heterocycles. The number of aryl methyl sites for hydroxylation is 1. The fraction of sp³-hybridized carbons (Fsp3) is 0.125. The van der Waals surface area contributed by atoms with Gasteiger partial charge in [0.15, 0.2) is 5.78 Å². The third-order valence-corrected chi connectivity index (χ3v) is 3.08. The SMILES string of the molecule is CC(=O)c1ccc(F)c(-c2ccc(C=O)c(C)c2)c1. The molecule has 3 heteroatoms. The van der Waals surface area contributed by atoms with E-state index in [0.29, 0.717) is 22.3 Å². The molecule has 2 nitrogen and oxygen atoms in total. The lowest BCUT2D eigenvalue weighted by Gasteiger charge is -2.07. The van der Waals surface area contributed by atoms with Crippen LogP contribution in [0.5, 0.6) is 0 Å². The summed E-state index contributed by atoms with van der Waals surface area (Å²) in [6.07, 6.45) is 0.765. The van der Waals surface area contributed by atoms with E-state index in [0.717, 1.165) is 11.8 Å². The summed E-state index contributed by atoms with van der Waals surface area (Å²) in [6, 6.07) is 9.36. The third kappa shape index (κ3) is 2.60. The lowest BCUT2D eigenvalue weighted by Crippen LogP contribution is -1.95. The van der Waals surface area contributed by atoms with Crippen molar-refractivity contribution in [3.8, 4) is 11.1 Å². The zero-order valence-electron chi connectivity index (χ0n) is 10.7. The Balaban J connectivity index is 2.57. The number of hydrogen-bond acceptors (Lipinski definition) is 2. The van der Waals surface area contributed by atoms with Crippen molar-refractivity contribution in [1.82, 2.24) is 0 Å². The largest absolute Gasteiger partial charge is 0.298 e. The number of carbonyl (C=O) groups is 2. The molecule has 2 aromatic carbocycles. The Morgan fingerprint density at radius 3 is 2.47 bits per heavy atom. The van der Waals surface area contributed by atoms with Crippen molar-refractivity contribution in [1.29, 1.82) is 0 Å². The lowest BCUT2D eigenvalue weighted by atomic mass is 9.97. The van der Waals surface area contributed by atoms with E-state index in [-0.39, 0.29) is 11.6 Å². The molecule has 0 atom stereocenters. The molecule has 0 unspecified atom stereocenters. The molecule has 0 aliphatic rings. The average molecular weight is 256 g/mol. The van der Waals surface area contributed by atoms with E-state index in [1.165, 1.54) is 25.1 Å². The highest BCUT2D eigenvalue weighted by atomic mass is 19.1. The molecule has 0 N–H and O–H groups in total. The number of halogens is 1. The molecule has 2 aromatic rings. The van der Waals surface area contributed by atoms with Crippen LogP contribution in [-0.2, 0) is 0 Å². The summed E-state index contributed by atoms with van der Waals surface area (Å²) in [4.78, 5) is 22.1. The van der Waals surface area contributed by atoms with Crippen molar-refractivity contribution >= 4 is 12.1 Å². The first-order chi connectivity index (χ1) is 9.02. The zero-order chi connectivity index (χ0) is 14.0. The van der Waals surface area contributed by atoms with Crippen LogP contribution >= 0.6 is 0 Å². The fourth-order valence-electron chi connectivity index (χ4n) is 1.94. The standard InChI is InChI=1S/C16H13FO2/c1-10-7-13(3-4-14(10)9-18)15-8-12(11(2)19)5-6-16(15)17/h3-9H,1-2H3. The third-order valence-electron chi connectivity index (χ3n) is 3.08. The van der Waals surface area contributed by atoms with Crippen LogP contribution in [-0.4, -0.2) is 12.1 Å². The summed E-state index contributed by atoms with van der Waals surface area (Å²) in [7, 11) is 0. The molecular weight excluding hydrogens is 243 g/mol. The average Bonchev–Trinajstić information content (AvgIpc) is 2.38. The maximum Gasteiger partial charge on any atom is 0.159 e. The number of aldehydes is 1. The van der Waals surface area contributed by atoms with Crippen molar-refractivity contribution in [3.05, 3.63) is 58.9 Å². The van der Waals surface area contributed by atoms with Crippen molar-refractivity contribution in [2.75, 3.05) is 0 Å². The van der Waals surface area contributed by atoms with Gasteiger partial charge in [-0.3, -0.25) is 9.59 Å². The van der Waals surface area contributed by atoms with Gasteiger partial charge in [-0.2, -0.15) is 0 Å². The summed E-state index contributed by atoms with van der Waals surface area (Å²) in [5.41, 5.74) is 2.84. The van der Waals surface area contributed by atoms with Gasteiger partial charge in [-0.25, -0.2) is 4.39 Å². The second kappa shape index (κ2) is 5.14. The number of carbonyl (C=O) groups excluding carboxylic acids is 2.